The fraction of sp³-hybridized carbons (Fsp3) is 0.263. The molecule has 3 rings (SSSR count). The molecule has 1 aliphatic rings. The molecule has 130 valence electrons. The Hall–Kier alpha value is -2.86. The minimum absolute atomic E-state index is 0.208. The van der Waals surface area contributed by atoms with Crippen LogP contribution < -0.4 is 16.8 Å². The van der Waals surface area contributed by atoms with Crippen LogP contribution in [0.1, 0.15) is 38.3 Å². The molecule has 0 amide bonds. The van der Waals surface area contributed by atoms with E-state index >= 15 is 0 Å². The van der Waals surface area contributed by atoms with E-state index in [9.17, 15) is 9.59 Å². The van der Waals surface area contributed by atoms with E-state index in [4.69, 9.17) is 11.5 Å². The van der Waals surface area contributed by atoms with Gasteiger partial charge in [-0.25, -0.2) is 0 Å². The van der Waals surface area contributed by atoms with E-state index in [-0.39, 0.29) is 34.1 Å². The van der Waals surface area contributed by atoms with E-state index in [0.29, 0.717) is 23.4 Å². The van der Waals surface area contributed by atoms with Crippen LogP contribution >= 0.6 is 0 Å². The predicted octanol–water partition coefficient (Wildman–Crippen LogP) is 1.99. The molecule has 2 aromatic carbocycles. The number of carbonyl (C=O) groups is 2. The highest BCUT2D eigenvalue weighted by Gasteiger charge is 2.34. The number of nitrogens with zero attached hydrogens (tertiary/aromatic N) is 1. The van der Waals surface area contributed by atoms with E-state index in [1.807, 2.05) is 20.2 Å². The number of hydrogen-bond acceptors (Lipinski definition) is 6. The number of nitrogen functional groups attached to an aromatic ring is 2. The smallest absolute Gasteiger partial charge is 0.198 e. The van der Waals surface area contributed by atoms with Gasteiger partial charge < -0.3 is 21.7 Å². The minimum atomic E-state index is -0.259. The van der Waals surface area contributed by atoms with Gasteiger partial charge >= 0.3 is 0 Å². The average Bonchev–Trinajstić information content (AvgIpc) is 2.58. The summed E-state index contributed by atoms with van der Waals surface area (Å²) in [5.74, 6) is -0.517. The normalized spacial score (nSPS) is 12.9. The number of carbonyl (C=O) groups excluding carboxylic acids is 2. The summed E-state index contributed by atoms with van der Waals surface area (Å²) in [6, 6.07) is 8.37. The summed E-state index contributed by atoms with van der Waals surface area (Å²) in [5, 5.41) is 3.27. The Balaban J connectivity index is 2.00. The highest BCUT2D eigenvalue weighted by atomic mass is 16.1. The molecule has 0 bridgehead atoms. The standard InChI is InChI=1S/C19H22N4O2/c1-23(2)10-4-9-22-14-6-3-5-11-15(14)19(25)17-13(21)8-7-12(20)16(17)18(11)24/h3,5-8,22H,4,9-10,20-21H2,1-2H3. The van der Waals surface area contributed by atoms with Crippen molar-refractivity contribution < 1.29 is 9.59 Å². The van der Waals surface area contributed by atoms with Crippen molar-refractivity contribution in [2.24, 2.45) is 0 Å². The number of nitrogens with one attached hydrogen (secondary N) is 1. The maximum atomic E-state index is 13.1. The Bertz CT molecular complexity index is 859. The minimum Gasteiger partial charge on any atom is -0.398 e. The third-order valence-electron chi connectivity index (χ3n) is 4.36. The molecular formula is C19H22N4O2. The lowest BCUT2D eigenvalue weighted by molar-refractivity contribution is 0.0981. The van der Waals surface area contributed by atoms with Gasteiger partial charge in [-0.1, -0.05) is 12.1 Å². The lowest BCUT2D eigenvalue weighted by Gasteiger charge is -2.23. The van der Waals surface area contributed by atoms with Crippen LogP contribution in [0.3, 0.4) is 0 Å². The Morgan fingerprint density at radius 3 is 2.20 bits per heavy atom. The van der Waals surface area contributed by atoms with Crippen LogP contribution in [0.5, 0.6) is 0 Å². The molecule has 1 aliphatic carbocycles. The van der Waals surface area contributed by atoms with Gasteiger partial charge in [-0.3, -0.25) is 9.59 Å². The molecule has 0 fully saturated rings. The zero-order valence-corrected chi connectivity index (χ0v) is 14.4. The summed E-state index contributed by atoms with van der Waals surface area (Å²) < 4.78 is 0. The quantitative estimate of drug-likeness (QED) is 0.486. The number of fused-ring (bicyclic) bond motifs is 2. The molecule has 6 nitrogen and oxygen atoms in total. The molecule has 0 saturated carbocycles. The molecule has 0 unspecified atom stereocenters. The van der Waals surface area contributed by atoms with Crippen LogP contribution in [0, 0.1) is 0 Å². The van der Waals surface area contributed by atoms with Gasteiger partial charge in [0, 0.05) is 29.2 Å². The second-order valence-electron chi connectivity index (χ2n) is 6.46. The van der Waals surface area contributed by atoms with Crippen LogP contribution in [0.2, 0.25) is 0 Å². The topological polar surface area (TPSA) is 101 Å². The number of nitrogens with two attached hydrogens (primary N) is 2. The largest absolute Gasteiger partial charge is 0.398 e. The Kier molecular flexibility index (Phi) is 4.46. The highest BCUT2D eigenvalue weighted by molar-refractivity contribution is 6.33. The van der Waals surface area contributed by atoms with Crippen LogP contribution in [0.15, 0.2) is 30.3 Å². The van der Waals surface area contributed by atoms with E-state index in [1.165, 1.54) is 0 Å². The van der Waals surface area contributed by atoms with Crippen LogP contribution in [-0.2, 0) is 0 Å². The first-order chi connectivity index (χ1) is 11.9. The molecule has 0 aromatic heterocycles. The maximum absolute atomic E-state index is 13.1. The van der Waals surface area contributed by atoms with Crippen molar-refractivity contribution in [2.45, 2.75) is 6.42 Å². The third-order valence-corrected chi connectivity index (χ3v) is 4.36. The molecule has 0 aliphatic heterocycles. The number of rotatable bonds is 5. The van der Waals surface area contributed by atoms with E-state index in [1.54, 1.807) is 24.3 Å². The Morgan fingerprint density at radius 2 is 1.56 bits per heavy atom. The van der Waals surface area contributed by atoms with Crippen LogP contribution in [-0.4, -0.2) is 43.7 Å². The zero-order valence-electron chi connectivity index (χ0n) is 14.4. The first kappa shape index (κ1) is 17.0. The number of hydrogen-bond donors (Lipinski definition) is 3. The number of ketones is 2. The summed E-state index contributed by atoms with van der Waals surface area (Å²) in [5.41, 5.74) is 14.3. The van der Waals surface area contributed by atoms with Gasteiger partial charge in [0.2, 0.25) is 0 Å². The zero-order chi connectivity index (χ0) is 18.1. The third kappa shape index (κ3) is 2.96. The first-order valence-electron chi connectivity index (χ1n) is 8.20. The monoisotopic (exact) mass is 338 g/mol. The molecule has 6 heteroatoms. The fourth-order valence-electron chi connectivity index (χ4n) is 3.14. The van der Waals surface area contributed by atoms with Crippen molar-refractivity contribution >= 4 is 28.6 Å². The van der Waals surface area contributed by atoms with Gasteiger partial charge in [0.05, 0.1) is 16.7 Å². The summed E-state index contributed by atoms with van der Waals surface area (Å²) >= 11 is 0. The average molecular weight is 338 g/mol. The Morgan fingerprint density at radius 1 is 0.920 bits per heavy atom. The van der Waals surface area contributed by atoms with Crippen molar-refractivity contribution in [3.63, 3.8) is 0 Å². The van der Waals surface area contributed by atoms with Gasteiger partial charge in [-0.05, 0) is 45.3 Å². The summed E-state index contributed by atoms with van der Waals surface area (Å²) in [4.78, 5) is 28.0. The van der Waals surface area contributed by atoms with Gasteiger partial charge in [0.15, 0.2) is 11.6 Å². The highest BCUT2D eigenvalue weighted by Crippen LogP contribution is 2.36. The molecule has 2 aromatic rings. The molecule has 0 saturated heterocycles. The number of anilines is 3. The molecular weight excluding hydrogens is 316 g/mol. The van der Waals surface area contributed by atoms with Gasteiger partial charge in [-0.15, -0.1) is 0 Å². The SMILES string of the molecule is CN(C)CCCNc1cccc2c1C(=O)c1c(N)ccc(N)c1C2=O. The molecule has 0 atom stereocenters. The first-order valence-corrected chi connectivity index (χ1v) is 8.20. The molecule has 0 radical (unpaired) electrons. The van der Waals surface area contributed by atoms with Crippen molar-refractivity contribution in [3.05, 3.63) is 52.6 Å². The van der Waals surface area contributed by atoms with Crippen molar-refractivity contribution in [1.82, 2.24) is 4.90 Å². The van der Waals surface area contributed by atoms with E-state index in [0.717, 1.165) is 13.0 Å². The van der Waals surface area contributed by atoms with Gasteiger partial charge in [0.1, 0.15) is 0 Å². The van der Waals surface area contributed by atoms with E-state index < -0.39 is 0 Å². The molecule has 0 spiro atoms. The molecule has 25 heavy (non-hydrogen) atoms. The Labute approximate surface area is 146 Å². The molecule has 0 heterocycles. The van der Waals surface area contributed by atoms with Crippen molar-refractivity contribution in [3.8, 4) is 0 Å². The van der Waals surface area contributed by atoms with Gasteiger partial charge in [0.25, 0.3) is 0 Å². The fourth-order valence-corrected chi connectivity index (χ4v) is 3.14. The summed E-state index contributed by atoms with van der Waals surface area (Å²) in [7, 11) is 4.02. The van der Waals surface area contributed by atoms with Gasteiger partial charge in [-0.2, -0.15) is 0 Å². The van der Waals surface area contributed by atoms with E-state index in [2.05, 4.69) is 10.2 Å². The maximum Gasteiger partial charge on any atom is 0.198 e. The second-order valence-corrected chi connectivity index (χ2v) is 6.46. The van der Waals surface area contributed by atoms with Crippen LogP contribution in [0.4, 0.5) is 17.1 Å². The summed E-state index contributed by atoms with van der Waals surface area (Å²) in [6.45, 7) is 1.64. The van der Waals surface area contributed by atoms with Crippen LogP contribution in [0.25, 0.3) is 0 Å². The number of benzene rings is 2. The summed E-state index contributed by atoms with van der Waals surface area (Å²) in [6.07, 6.45) is 0.921. The lowest BCUT2D eigenvalue weighted by atomic mass is 9.81. The predicted molar refractivity (Wildman–Crippen MR) is 100 cm³/mol. The second kappa shape index (κ2) is 6.57. The van der Waals surface area contributed by atoms with Crippen molar-refractivity contribution in [1.29, 1.82) is 0 Å². The van der Waals surface area contributed by atoms with Crippen molar-refractivity contribution in [2.75, 3.05) is 44.0 Å². The molecule has 5 N–H and O–H groups in total. The lowest BCUT2D eigenvalue weighted by Crippen LogP contribution is -2.25.